The van der Waals surface area contributed by atoms with Crippen molar-refractivity contribution >= 4 is 35.5 Å². The van der Waals surface area contributed by atoms with Crippen LogP contribution in [0.25, 0.3) is 0 Å². The Labute approximate surface area is 180 Å². The number of hydrogen-bond donors (Lipinski definition) is 2. The van der Waals surface area contributed by atoms with Gasteiger partial charge in [0.2, 0.25) is 0 Å². The smallest absolute Gasteiger partial charge is 0.328 e. The van der Waals surface area contributed by atoms with E-state index in [1.807, 2.05) is 6.92 Å². The normalized spacial score (nSPS) is 21.8. The number of anilines is 1. The maximum absolute atomic E-state index is 13.1. The fourth-order valence-electron chi connectivity index (χ4n) is 4.15. The number of fused-ring (bicyclic) bond motifs is 1. The number of hydrogen-bond acceptors (Lipinski definition) is 6. The minimum absolute atomic E-state index is 0.137. The van der Waals surface area contributed by atoms with Crippen molar-refractivity contribution in [2.45, 2.75) is 33.2 Å². The fourth-order valence-corrected chi connectivity index (χ4v) is 5.10. The first-order valence-corrected chi connectivity index (χ1v) is 11.1. The lowest BCUT2D eigenvalue weighted by atomic mass is 10.1. The zero-order chi connectivity index (χ0) is 21.4. The van der Waals surface area contributed by atoms with Gasteiger partial charge in [0.05, 0.1) is 5.70 Å². The number of aryl methyl sites for hydroxylation is 2. The summed E-state index contributed by atoms with van der Waals surface area (Å²) in [5, 5.41) is 2.77. The Morgan fingerprint density at radius 3 is 2.57 bits per heavy atom. The summed E-state index contributed by atoms with van der Waals surface area (Å²) >= 11 is 1.14. The lowest BCUT2D eigenvalue weighted by molar-refractivity contribution is -0.130. The van der Waals surface area contributed by atoms with Gasteiger partial charge in [-0.2, -0.15) is 0 Å². The van der Waals surface area contributed by atoms with E-state index in [1.54, 1.807) is 4.90 Å². The maximum atomic E-state index is 13.1. The molecule has 2 N–H and O–H groups in total. The first kappa shape index (κ1) is 20.7. The van der Waals surface area contributed by atoms with E-state index in [0.29, 0.717) is 36.7 Å². The minimum atomic E-state index is -0.672. The molecular formula is C21H27N5O3S. The number of carbonyl (C=O) groups excluding carboxylic acids is 3. The van der Waals surface area contributed by atoms with Crippen LogP contribution in [0.5, 0.6) is 0 Å². The molecule has 1 unspecified atom stereocenters. The van der Waals surface area contributed by atoms with Gasteiger partial charge in [0.1, 0.15) is 10.9 Å². The van der Waals surface area contributed by atoms with Gasteiger partial charge in [-0.15, -0.1) is 0 Å². The van der Waals surface area contributed by atoms with Gasteiger partial charge < -0.3 is 15.1 Å². The average molecular weight is 430 g/mol. The van der Waals surface area contributed by atoms with Crippen LogP contribution < -0.4 is 14.9 Å². The van der Waals surface area contributed by atoms with Crippen LogP contribution in [-0.4, -0.2) is 66.4 Å². The molecule has 160 valence electrons. The lowest BCUT2D eigenvalue weighted by Gasteiger charge is -2.37. The number of carbonyl (C=O) groups is 3. The van der Waals surface area contributed by atoms with E-state index in [1.165, 1.54) is 21.7 Å². The predicted molar refractivity (Wildman–Crippen MR) is 117 cm³/mol. The Balaban J connectivity index is 1.45. The highest BCUT2D eigenvalue weighted by molar-refractivity contribution is 8.02. The summed E-state index contributed by atoms with van der Waals surface area (Å²) in [6, 6.07) is 5.29. The highest BCUT2D eigenvalue weighted by Gasteiger charge is 2.44. The van der Waals surface area contributed by atoms with E-state index in [-0.39, 0.29) is 11.8 Å². The van der Waals surface area contributed by atoms with Crippen molar-refractivity contribution in [3.05, 3.63) is 39.9 Å². The quantitative estimate of drug-likeness (QED) is 0.710. The summed E-state index contributed by atoms with van der Waals surface area (Å²) in [6.07, 6.45) is 0.689. The van der Waals surface area contributed by atoms with Crippen LogP contribution in [0.1, 0.15) is 24.5 Å². The summed E-state index contributed by atoms with van der Waals surface area (Å²) in [6.45, 7) is 9.15. The SMILES string of the molecule is CCCN1C(=O)NC2=C(C(=O)N3CCN(c4ccc(C)cc4C)CC3)SNC2C1=O. The van der Waals surface area contributed by atoms with Crippen LogP contribution in [0.15, 0.2) is 28.8 Å². The number of nitrogens with one attached hydrogen (secondary N) is 2. The second-order valence-electron chi connectivity index (χ2n) is 7.88. The Bertz CT molecular complexity index is 923. The fraction of sp³-hybridized carbons (Fsp3) is 0.476. The lowest BCUT2D eigenvalue weighted by Crippen LogP contribution is -2.58. The minimum Gasteiger partial charge on any atom is -0.368 e. The van der Waals surface area contributed by atoms with Crippen molar-refractivity contribution in [3.8, 4) is 0 Å². The number of benzene rings is 1. The standard InChI is InChI=1S/C21H27N5O3S/c1-4-7-26-19(27)17-16(22-21(26)29)18(30-23-17)20(28)25-10-8-24(9-11-25)15-6-5-13(2)12-14(15)3/h5-6,12,17,23H,4,7-11H2,1-3H3,(H,22,29). The van der Waals surface area contributed by atoms with Crippen molar-refractivity contribution in [1.29, 1.82) is 0 Å². The molecule has 0 aliphatic carbocycles. The van der Waals surface area contributed by atoms with Crippen LogP contribution in [0.2, 0.25) is 0 Å². The van der Waals surface area contributed by atoms with E-state index in [4.69, 9.17) is 0 Å². The monoisotopic (exact) mass is 429 g/mol. The average Bonchev–Trinajstić information content (AvgIpc) is 3.14. The molecule has 2 fully saturated rings. The number of nitrogens with zero attached hydrogens (tertiary/aromatic N) is 3. The molecule has 0 radical (unpaired) electrons. The van der Waals surface area contributed by atoms with Crippen LogP contribution in [0, 0.1) is 13.8 Å². The molecule has 2 saturated heterocycles. The molecule has 1 aromatic rings. The number of rotatable bonds is 4. The molecule has 0 aromatic heterocycles. The van der Waals surface area contributed by atoms with Crippen molar-refractivity contribution in [2.75, 3.05) is 37.6 Å². The van der Waals surface area contributed by atoms with Crippen molar-refractivity contribution < 1.29 is 14.4 Å². The van der Waals surface area contributed by atoms with Crippen LogP contribution in [-0.2, 0) is 9.59 Å². The van der Waals surface area contributed by atoms with Gasteiger partial charge in [0.15, 0.2) is 0 Å². The Hall–Kier alpha value is -2.52. The topological polar surface area (TPSA) is 85.0 Å². The van der Waals surface area contributed by atoms with Gasteiger partial charge in [-0.25, -0.2) is 9.52 Å². The largest absolute Gasteiger partial charge is 0.368 e. The van der Waals surface area contributed by atoms with E-state index in [9.17, 15) is 14.4 Å². The number of piperazine rings is 1. The highest BCUT2D eigenvalue weighted by atomic mass is 32.2. The molecule has 3 aliphatic rings. The van der Waals surface area contributed by atoms with E-state index in [2.05, 4.69) is 47.0 Å². The van der Waals surface area contributed by atoms with Crippen molar-refractivity contribution in [1.82, 2.24) is 19.8 Å². The van der Waals surface area contributed by atoms with Gasteiger partial charge >= 0.3 is 6.03 Å². The molecule has 3 aliphatic heterocycles. The van der Waals surface area contributed by atoms with Crippen molar-refractivity contribution in [3.63, 3.8) is 0 Å². The van der Waals surface area contributed by atoms with Gasteiger partial charge in [-0.05, 0) is 43.8 Å². The molecule has 0 spiro atoms. The Morgan fingerprint density at radius 1 is 1.17 bits per heavy atom. The molecule has 9 heteroatoms. The van der Waals surface area contributed by atoms with Crippen LogP contribution in [0.3, 0.4) is 0 Å². The zero-order valence-corrected chi connectivity index (χ0v) is 18.3. The van der Waals surface area contributed by atoms with Gasteiger partial charge in [0.25, 0.3) is 11.8 Å². The van der Waals surface area contributed by atoms with Crippen LogP contribution >= 0.6 is 11.9 Å². The Morgan fingerprint density at radius 2 is 1.90 bits per heavy atom. The molecular weight excluding hydrogens is 402 g/mol. The predicted octanol–water partition coefficient (Wildman–Crippen LogP) is 1.75. The molecule has 4 amide bonds. The molecule has 1 aromatic carbocycles. The third kappa shape index (κ3) is 3.67. The summed E-state index contributed by atoms with van der Waals surface area (Å²) in [5.74, 6) is -0.437. The van der Waals surface area contributed by atoms with Gasteiger partial charge in [-0.3, -0.25) is 14.5 Å². The van der Waals surface area contributed by atoms with E-state index in [0.717, 1.165) is 25.0 Å². The second-order valence-corrected chi connectivity index (χ2v) is 8.73. The summed E-state index contributed by atoms with van der Waals surface area (Å²) < 4.78 is 3.01. The van der Waals surface area contributed by atoms with Gasteiger partial charge in [0, 0.05) is 38.4 Å². The maximum Gasteiger partial charge on any atom is 0.328 e. The van der Waals surface area contributed by atoms with Crippen LogP contribution in [0.4, 0.5) is 10.5 Å². The second kappa shape index (κ2) is 8.31. The van der Waals surface area contributed by atoms with Gasteiger partial charge in [-0.1, -0.05) is 24.6 Å². The number of imide groups is 1. The highest BCUT2D eigenvalue weighted by Crippen LogP contribution is 2.32. The number of amides is 4. The zero-order valence-electron chi connectivity index (χ0n) is 17.5. The first-order chi connectivity index (χ1) is 14.4. The van der Waals surface area contributed by atoms with E-state index >= 15 is 0 Å². The van der Waals surface area contributed by atoms with E-state index < -0.39 is 12.1 Å². The molecule has 30 heavy (non-hydrogen) atoms. The molecule has 1 atom stereocenters. The summed E-state index contributed by atoms with van der Waals surface area (Å²) in [4.78, 5) is 43.8. The molecule has 4 rings (SSSR count). The van der Waals surface area contributed by atoms with Crippen molar-refractivity contribution in [2.24, 2.45) is 0 Å². The third-order valence-electron chi connectivity index (χ3n) is 5.71. The molecule has 0 saturated carbocycles. The first-order valence-electron chi connectivity index (χ1n) is 10.3. The summed E-state index contributed by atoms with van der Waals surface area (Å²) in [7, 11) is 0. The summed E-state index contributed by atoms with van der Waals surface area (Å²) in [5.41, 5.74) is 4.07. The molecule has 0 bridgehead atoms. The Kier molecular flexibility index (Phi) is 5.75. The number of urea groups is 1. The molecule has 3 heterocycles. The molecule has 8 nitrogen and oxygen atoms in total. The third-order valence-corrected chi connectivity index (χ3v) is 6.67.